The number of rotatable bonds is 4. The largest absolute Gasteiger partial charge is 0.419 e. The molecule has 0 unspecified atom stereocenters. The van der Waals surface area contributed by atoms with Crippen molar-refractivity contribution in [2.45, 2.75) is 33.1 Å². The molecule has 7 heteroatoms. The highest BCUT2D eigenvalue weighted by Crippen LogP contribution is 2.22. The third-order valence-corrected chi connectivity index (χ3v) is 5.20. The number of benzene rings is 1. The first-order chi connectivity index (χ1) is 12.4. The van der Waals surface area contributed by atoms with Gasteiger partial charge in [-0.1, -0.05) is 13.8 Å². The first kappa shape index (κ1) is 18.2. The average Bonchev–Trinajstić information content (AvgIpc) is 2.94. The number of oxazole rings is 1. The molecule has 1 aromatic heterocycles. The number of fused-ring (bicyclic) bond motifs is 1. The van der Waals surface area contributed by atoms with Crippen LogP contribution in [0.15, 0.2) is 27.4 Å². The normalized spacial score (nSPS) is 18.7. The molecule has 3 rings (SSSR count). The summed E-state index contributed by atoms with van der Waals surface area (Å²) in [5.41, 5.74) is 1.70. The van der Waals surface area contributed by atoms with Gasteiger partial charge in [-0.2, -0.15) is 0 Å². The molecule has 0 bridgehead atoms. The number of hydrogen-bond donors (Lipinski definition) is 1. The Morgan fingerprint density at radius 2 is 2.15 bits per heavy atom. The molecule has 0 aliphatic carbocycles. The van der Waals surface area contributed by atoms with Crippen LogP contribution in [-0.2, 0) is 16.6 Å². The van der Waals surface area contributed by atoms with Crippen molar-refractivity contribution < 1.29 is 14.0 Å². The maximum absolute atomic E-state index is 12.6. The second-order valence-electron chi connectivity index (χ2n) is 7.03. The Balaban J connectivity index is 1.69. The second-order valence-corrected chi connectivity index (χ2v) is 7.03. The fourth-order valence-electron chi connectivity index (χ4n) is 3.33. The van der Waals surface area contributed by atoms with E-state index in [4.69, 9.17) is 4.42 Å². The molecule has 0 spiro atoms. The summed E-state index contributed by atoms with van der Waals surface area (Å²) >= 11 is 0. The molecule has 1 aliphatic heterocycles. The van der Waals surface area contributed by atoms with E-state index in [1.54, 1.807) is 30.1 Å². The van der Waals surface area contributed by atoms with Crippen LogP contribution in [0.3, 0.4) is 0 Å². The van der Waals surface area contributed by atoms with E-state index in [0.717, 1.165) is 19.3 Å². The quantitative estimate of drug-likeness (QED) is 0.908. The predicted molar refractivity (Wildman–Crippen MR) is 98.8 cm³/mol. The molecule has 2 amide bonds. The van der Waals surface area contributed by atoms with Crippen LogP contribution in [0.2, 0.25) is 0 Å². The fourth-order valence-corrected chi connectivity index (χ4v) is 3.33. The van der Waals surface area contributed by atoms with E-state index in [-0.39, 0.29) is 23.7 Å². The van der Waals surface area contributed by atoms with Crippen LogP contribution in [0, 0.1) is 11.8 Å². The Morgan fingerprint density at radius 1 is 1.38 bits per heavy atom. The van der Waals surface area contributed by atoms with Crippen molar-refractivity contribution in [2.24, 2.45) is 18.9 Å². The van der Waals surface area contributed by atoms with Gasteiger partial charge in [-0.05, 0) is 31.4 Å². The number of carbonyl (C=O) groups is 2. The molecule has 1 aromatic carbocycles. The number of amides is 2. The fraction of sp³-hybridized carbons (Fsp3) is 0.526. The van der Waals surface area contributed by atoms with E-state index in [9.17, 15) is 14.4 Å². The number of likely N-dealkylation sites (tertiary alicyclic amines) is 1. The van der Waals surface area contributed by atoms with Crippen LogP contribution < -0.4 is 11.1 Å². The lowest BCUT2D eigenvalue weighted by Crippen LogP contribution is -2.45. The van der Waals surface area contributed by atoms with Gasteiger partial charge in [-0.25, -0.2) is 4.79 Å². The Morgan fingerprint density at radius 3 is 2.88 bits per heavy atom. The number of carbonyl (C=O) groups excluding carboxylic acids is 2. The number of anilines is 1. The third kappa shape index (κ3) is 3.52. The highest BCUT2D eigenvalue weighted by atomic mass is 16.4. The van der Waals surface area contributed by atoms with Gasteiger partial charge in [-0.15, -0.1) is 0 Å². The zero-order chi connectivity index (χ0) is 18.8. The molecule has 1 N–H and O–H groups in total. The van der Waals surface area contributed by atoms with Gasteiger partial charge < -0.3 is 14.6 Å². The minimum Gasteiger partial charge on any atom is -0.408 e. The van der Waals surface area contributed by atoms with Gasteiger partial charge in [0.15, 0.2) is 5.58 Å². The molecule has 1 aliphatic rings. The minimum absolute atomic E-state index is 0.0137. The number of aryl methyl sites for hydroxylation is 1. The standard InChI is InChI=1S/C19H25N3O4/c1-4-12(2)18(24)22-9-5-6-13(11-22)17(23)20-14-7-8-15-16(10-14)26-19(25)21(15)3/h7-8,10,12-13H,4-6,9,11H2,1-3H3,(H,20,23)/t12-,13+/m0/s1. The summed E-state index contributed by atoms with van der Waals surface area (Å²) in [5.74, 6) is -0.660. The summed E-state index contributed by atoms with van der Waals surface area (Å²) in [6, 6.07) is 5.15. The van der Waals surface area contributed by atoms with Crippen LogP contribution in [0.25, 0.3) is 11.1 Å². The predicted octanol–water partition coefficient (Wildman–Crippen LogP) is 2.35. The van der Waals surface area contributed by atoms with E-state index >= 15 is 0 Å². The minimum atomic E-state index is -0.435. The van der Waals surface area contributed by atoms with Gasteiger partial charge in [0.2, 0.25) is 11.8 Å². The summed E-state index contributed by atoms with van der Waals surface area (Å²) in [4.78, 5) is 38.4. The molecule has 26 heavy (non-hydrogen) atoms. The Bertz CT molecular complexity index is 883. The molecular formula is C19H25N3O4. The van der Waals surface area contributed by atoms with E-state index in [2.05, 4.69) is 5.32 Å². The van der Waals surface area contributed by atoms with Crippen molar-refractivity contribution in [2.75, 3.05) is 18.4 Å². The Hall–Kier alpha value is -2.57. The van der Waals surface area contributed by atoms with Crippen molar-refractivity contribution in [3.8, 4) is 0 Å². The lowest BCUT2D eigenvalue weighted by Gasteiger charge is -2.33. The first-order valence-electron chi connectivity index (χ1n) is 9.10. The lowest BCUT2D eigenvalue weighted by atomic mass is 9.95. The van der Waals surface area contributed by atoms with Crippen molar-refractivity contribution in [1.82, 2.24) is 9.47 Å². The zero-order valence-electron chi connectivity index (χ0n) is 15.4. The topological polar surface area (TPSA) is 84.6 Å². The van der Waals surface area contributed by atoms with Crippen LogP contribution in [-0.4, -0.2) is 34.4 Å². The molecular weight excluding hydrogens is 334 g/mol. The monoisotopic (exact) mass is 359 g/mol. The summed E-state index contributed by atoms with van der Waals surface area (Å²) in [5, 5.41) is 2.89. The molecule has 1 fully saturated rings. The highest BCUT2D eigenvalue weighted by Gasteiger charge is 2.30. The van der Waals surface area contributed by atoms with E-state index < -0.39 is 5.76 Å². The molecule has 0 saturated carbocycles. The molecule has 140 valence electrons. The van der Waals surface area contributed by atoms with Gasteiger partial charge in [0.05, 0.1) is 11.4 Å². The van der Waals surface area contributed by atoms with Crippen molar-refractivity contribution >= 4 is 28.6 Å². The summed E-state index contributed by atoms with van der Waals surface area (Å²) in [6.45, 7) is 5.09. The summed E-state index contributed by atoms with van der Waals surface area (Å²) in [7, 11) is 1.64. The average molecular weight is 359 g/mol. The smallest absolute Gasteiger partial charge is 0.408 e. The van der Waals surface area contributed by atoms with Crippen molar-refractivity contribution in [1.29, 1.82) is 0 Å². The number of piperidine rings is 1. The summed E-state index contributed by atoms with van der Waals surface area (Å²) < 4.78 is 6.57. The molecule has 0 radical (unpaired) electrons. The number of aromatic nitrogens is 1. The van der Waals surface area contributed by atoms with Gasteiger partial charge in [0.1, 0.15) is 0 Å². The molecule has 2 atom stereocenters. The second kappa shape index (κ2) is 7.35. The molecule has 1 saturated heterocycles. The first-order valence-corrected chi connectivity index (χ1v) is 9.10. The Labute approximate surface area is 152 Å². The van der Waals surface area contributed by atoms with Crippen LogP contribution >= 0.6 is 0 Å². The van der Waals surface area contributed by atoms with E-state index in [0.29, 0.717) is 29.9 Å². The van der Waals surface area contributed by atoms with Gasteiger partial charge in [0, 0.05) is 37.8 Å². The third-order valence-electron chi connectivity index (χ3n) is 5.20. The van der Waals surface area contributed by atoms with Crippen LogP contribution in [0.5, 0.6) is 0 Å². The van der Waals surface area contributed by atoms with Crippen molar-refractivity contribution in [3.05, 3.63) is 28.7 Å². The highest BCUT2D eigenvalue weighted by molar-refractivity contribution is 5.94. The van der Waals surface area contributed by atoms with Crippen LogP contribution in [0.4, 0.5) is 5.69 Å². The molecule has 2 heterocycles. The number of nitrogens with zero attached hydrogens (tertiary/aromatic N) is 2. The van der Waals surface area contributed by atoms with Gasteiger partial charge >= 0.3 is 5.76 Å². The maximum Gasteiger partial charge on any atom is 0.419 e. The zero-order valence-corrected chi connectivity index (χ0v) is 15.4. The van der Waals surface area contributed by atoms with Crippen LogP contribution in [0.1, 0.15) is 33.1 Å². The number of nitrogens with one attached hydrogen (secondary N) is 1. The SMILES string of the molecule is CC[C@H](C)C(=O)N1CCC[C@@H](C(=O)Nc2ccc3c(c2)oc(=O)n3C)C1. The molecule has 7 nitrogen and oxygen atoms in total. The Kier molecular flexibility index (Phi) is 5.15. The summed E-state index contributed by atoms with van der Waals surface area (Å²) in [6.07, 6.45) is 2.39. The number of hydrogen-bond acceptors (Lipinski definition) is 4. The van der Waals surface area contributed by atoms with E-state index in [1.807, 2.05) is 13.8 Å². The van der Waals surface area contributed by atoms with Gasteiger partial charge in [-0.3, -0.25) is 14.2 Å². The lowest BCUT2D eigenvalue weighted by molar-refractivity contribution is -0.138. The molecule has 2 aromatic rings. The van der Waals surface area contributed by atoms with Gasteiger partial charge in [0.25, 0.3) is 0 Å². The van der Waals surface area contributed by atoms with E-state index in [1.165, 1.54) is 4.57 Å². The maximum atomic E-state index is 12.6. The van der Waals surface area contributed by atoms with Crippen molar-refractivity contribution in [3.63, 3.8) is 0 Å².